The number of hydrogen-bond acceptors (Lipinski definition) is 3. The molecule has 1 N–H and O–H groups in total. The number of hydrogen-bond donors (Lipinski definition) is 1. The van der Waals surface area contributed by atoms with E-state index >= 15 is 0 Å². The number of benzene rings is 1. The maximum atomic E-state index is 13.0. The van der Waals surface area contributed by atoms with Crippen molar-refractivity contribution in [3.8, 4) is 0 Å². The molecular weight excluding hydrogens is 275 g/mol. The predicted octanol–water partition coefficient (Wildman–Crippen LogP) is 1.67. The zero-order chi connectivity index (χ0) is 15.5. The number of nitrogens with zero attached hydrogens (tertiary/aromatic N) is 1. The highest BCUT2D eigenvalue weighted by atomic mass is 19.1. The Labute approximate surface area is 123 Å². The molecule has 0 saturated carbocycles. The lowest BCUT2D eigenvalue weighted by Crippen LogP contribution is -2.52. The molecule has 0 bridgehead atoms. The van der Waals surface area contributed by atoms with E-state index < -0.39 is 11.4 Å². The number of methoxy groups -OCH3 is 1. The van der Waals surface area contributed by atoms with Crippen molar-refractivity contribution in [1.29, 1.82) is 0 Å². The molecule has 1 aliphatic rings. The molecule has 2 rings (SSSR count). The third-order valence-corrected chi connectivity index (χ3v) is 3.85. The van der Waals surface area contributed by atoms with Crippen LogP contribution >= 0.6 is 0 Å². The number of likely N-dealkylation sites (tertiary alicyclic amines) is 1. The first kappa shape index (κ1) is 15.3. The average molecular weight is 294 g/mol. The van der Waals surface area contributed by atoms with Gasteiger partial charge < -0.3 is 15.0 Å². The Morgan fingerprint density at radius 1 is 1.33 bits per heavy atom. The van der Waals surface area contributed by atoms with Crippen LogP contribution in [0.2, 0.25) is 0 Å². The summed E-state index contributed by atoms with van der Waals surface area (Å²) >= 11 is 0. The number of amides is 2. The van der Waals surface area contributed by atoms with Gasteiger partial charge in [0.1, 0.15) is 11.2 Å². The molecule has 5 nitrogen and oxygen atoms in total. The van der Waals surface area contributed by atoms with Crippen molar-refractivity contribution in [2.45, 2.75) is 18.8 Å². The Bertz CT molecular complexity index is 528. The van der Waals surface area contributed by atoms with E-state index in [2.05, 4.69) is 5.32 Å². The van der Waals surface area contributed by atoms with Crippen molar-refractivity contribution in [1.82, 2.24) is 10.2 Å². The van der Waals surface area contributed by atoms with Crippen molar-refractivity contribution in [2.75, 3.05) is 26.7 Å². The molecule has 1 atom stereocenters. The van der Waals surface area contributed by atoms with E-state index in [0.717, 1.165) is 19.5 Å². The van der Waals surface area contributed by atoms with E-state index in [1.165, 1.54) is 31.4 Å². The van der Waals surface area contributed by atoms with Gasteiger partial charge in [-0.1, -0.05) is 12.1 Å². The summed E-state index contributed by atoms with van der Waals surface area (Å²) in [7, 11) is 1.29. The topological polar surface area (TPSA) is 58.6 Å². The second-order valence-corrected chi connectivity index (χ2v) is 5.33. The van der Waals surface area contributed by atoms with Crippen LogP contribution in [0.3, 0.4) is 0 Å². The number of rotatable bonds is 4. The number of halogens is 1. The summed E-state index contributed by atoms with van der Waals surface area (Å²) < 4.78 is 17.9. The van der Waals surface area contributed by atoms with E-state index in [0.29, 0.717) is 5.56 Å². The third-order valence-electron chi connectivity index (χ3n) is 3.85. The highest BCUT2D eigenvalue weighted by Crippen LogP contribution is 2.25. The van der Waals surface area contributed by atoms with Crippen LogP contribution in [-0.4, -0.2) is 43.6 Å². The summed E-state index contributed by atoms with van der Waals surface area (Å²) in [4.78, 5) is 25.6. The first-order valence-electron chi connectivity index (χ1n) is 6.84. The molecular formula is C15H19FN2O3. The fraction of sp³-hybridized carbons (Fsp3) is 0.467. The molecule has 2 amide bonds. The van der Waals surface area contributed by atoms with Crippen LogP contribution in [-0.2, 0) is 14.9 Å². The van der Waals surface area contributed by atoms with Crippen LogP contribution in [0.25, 0.3) is 0 Å². The standard InChI is InChI=1S/C15H19FN2O3/c1-15(13(19)21-2,11-4-6-12(16)7-5-11)10-17-14(20)18-8-3-9-18/h4-7H,3,8-10H2,1-2H3,(H,17,20)/t15-/m0/s1. The van der Waals surface area contributed by atoms with Crippen LogP contribution in [0.4, 0.5) is 9.18 Å². The van der Waals surface area contributed by atoms with E-state index in [9.17, 15) is 14.0 Å². The molecule has 1 saturated heterocycles. The molecule has 0 aromatic heterocycles. The smallest absolute Gasteiger partial charge is 0.317 e. The van der Waals surface area contributed by atoms with Gasteiger partial charge >= 0.3 is 12.0 Å². The Hall–Kier alpha value is -2.11. The molecule has 0 aliphatic carbocycles. The SMILES string of the molecule is COC(=O)[C@@](C)(CNC(=O)N1CCC1)c1ccc(F)cc1. The van der Waals surface area contributed by atoms with Gasteiger partial charge in [-0.15, -0.1) is 0 Å². The molecule has 0 spiro atoms. The van der Waals surface area contributed by atoms with Gasteiger partial charge in [0, 0.05) is 19.6 Å². The monoisotopic (exact) mass is 294 g/mol. The molecule has 6 heteroatoms. The van der Waals surface area contributed by atoms with Crippen LogP contribution in [0.15, 0.2) is 24.3 Å². The van der Waals surface area contributed by atoms with Crippen molar-refractivity contribution >= 4 is 12.0 Å². The Morgan fingerprint density at radius 3 is 2.43 bits per heavy atom. The predicted molar refractivity (Wildman–Crippen MR) is 75.4 cm³/mol. The lowest BCUT2D eigenvalue weighted by atomic mass is 9.82. The molecule has 0 unspecified atom stereocenters. The van der Waals surface area contributed by atoms with E-state index in [1.54, 1.807) is 11.8 Å². The third kappa shape index (κ3) is 3.15. The van der Waals surface area contributed by atoms with Gasteiger partial charge in [-0.05, 0) is 31.0 Å². The van der Waals surface area contributed by atoms with Gasteiger partial charge in [0.05, 0.1) is 7.11 Å². The maximum Gasteiger partial charge on any atom is 0.317 e. The minimum absolute atomic E-state index is 0.0979. The molecule has 114 valence electrons. The van der Waals surface area contributed by atoms with Gasteiger partial charge in [-0.3, -0.25) is 4.79 Å². The largest absolute Gasteiger partial charge is 0.468 e. The zero-order valence-corrected chi connectivity index (χ0v) is 12.2. The number of ether oxygens (including phenoxy) is 1. The Morgan fingerprint density at radius 2 is 1.95 bits per heavy atom. The Kier molecular flexibility index (Phi) is 4.45. The lowest BCUT2D eigenvalue weighted by molar-refractivity contribution is -0.146. The van der Waals surface area contributed by atoms with E-state index in [-0.39, 0.29) is 18.4 Å². The zero-order valence-electron chi connectivity index (χ0n) is 12.2. The van der Waals surface area contributed by atoms with Crippen molar-refractivity contribution in [3.05, 3.63) is 35.6 Å². The Balaban J connectivity index is 2.14. The first-order chi connectivity index (χ1) is 9.97. The summed E-state index contributed by atoms with van der Waals surface area (Å²) in [6.07, 6.45) is 1.000. The van der Waals surface area contributed by atoms with Gasteiger partial charge in [0.2, 0.25) is 0 Å². The van der Waals surface area contributed by atoms with Gasteiger partial charge in [0.15, 0.2) is 0 Å². The number of urea groups is 1. The summed E-state index contributed by atoms with van der Waals surface area (Å²) in [6, 6.07) is 5.43. The summed E-state index contributed by atoms with van der Waals surface area (Å²) in [5.74, 6) is -0.853. The second kappa shape index (κ2) is 6.11. The normalized spacial score (nSPS) is 16.6. The average Bonchev–Trinajstić information content (AvgIpc) is 2.42. The number of nitrogens with one attached hydrogen (secondary N) is 1. The fourth-order valence-electron chi connectivity index (χ4n) is 2.22. The number of carbonyl (C=O) groups excluding carboxylic acids is 2. The van der Waals surface area contributed by atoms with Crippen molar-refractivity contribution in [3.63, 3.8) is 0 Å². The van der Waals surface area contributed by atoms with Crippen LogP contribution in [0, 0.1) is 5.82 Å². The summed E-state index contributed by atoms with van der Waals surface area (Å²) in [5, 5.41) is 2.75. The van der Waals surface area contributed by atoms with Crippen LogP contribution < -0.4 is 5.32 Å². The fourth-order valence-corrected chi connectivity index (χ4v) is 2.22. The van der Waals surface area contributed by atoms with E-state index in [1.807, 2.05) is 0 Å². The molecule has 0 radical (unpaired) electrons. The van der Waals surface area contributed by atoms with E-state index in [4.69, 9.17) is 4.74 Å². The lowest BCUT2D eigenvalue weighted by Gasteiger charge is -2.33. The summed E-state index contributed by atoms with van der Waals surface area (Å²) in [5.41, 5.74) is -0.456. The number of carbonyl (C=O) groups is 2. The molecule has 1 aliphatic heterocycles. The molecule has 1 aromatic rings. The first-order valence-corrected chi connectivity index (χ1v) is 6.84. The minimum atomic E-state index is -1.05. The maximum absolute atomic E-state index is 13.0. The molecule has 1 aromatic carbocycles. The minimum Gasteiger partial charge on any atom is -0.468 e. The van der Waals surface area contributed by atoms with Gasteiger partial charge in [-0.25, -0.2) is 9.18 Å². The second-order valence-electron chi connectivity index (χ2n) is 5.33. The van der Waals surface area contributed by atoms with Crippen LogP contribution in [0.1, 0.15) is 18.9 Å². The van der Waals surface area contributed by atoms with Gasteiger partial charge in [-0.2, -0.15) is 0 Å². The molecule has 1 fully saturated rings. The highest BCUT2D eigenvalue weighted by molar-refractivity contribution is 5.84. The van der Waals surface area contributed by atoms with Crippen LogP contribution in [0.5, 0.6) is 0 Å². The quantitative estimate of drug-likeness (QED) is 0.859. The van der Waals surface area contributed by atoms with Crippen molar-refractivity contribution < 1.29 is 18.7 Å². The van der Waals surface area contributed by atoms with Crippen molar-refractivity contribution in [2.24, 2.45) is 0 Å². The van der Waals surface area contributed by atoms with Gasteiger partial charge in [0.25, 0.3) is 0 Å². The highest BCUT2D eigenvalue weighted by Gasteiger charge is 2.37. The summed E-state index contributed by atoms with van der Waals surface area (Å²) in [6.45, 7) is 3.23. The molecule has 1 heterocycles. The molecule has 21 heavy (non-hydrogen) atoms. The number of esters is 1.